The molecule has 0 bridgehead atoms. The molecule has 17 heavy (non-hydrogen) atoms. The smallest absolute Gasteiger partial charge is 0.340 e. The average Bonchev–Trinajstić information content (AvgIpc) is 2.30. The van der Waals surface area contributed by atoms with Crippen LogP contribution in [0, 0.1) is 0 Å². The van der Waals surface area contributed by atoms with Crippen molar-refractivity contribution in [2.45, 2.75) is 6.42 Å². The van der Waals surface area contributed by atoms with Gasteiger partial charge in [0.2, 0.25) is 5.91 Å². The second-order valence-electron chi connectivity index (χ2n) is 3.17. The molecule has 6 heteroatoms. The van der Waals surface area contributed by atoms with Crippen molar-refractivity contribution >= 4 is 40.8 Å². The first kappa shape index (κ1) is 13.8. The van der Waals surface area contributed by atoms with E-state index in [4.69, 9.17) is 23.2 Å². The fraction of sp³-hybridized carbons (Fsp3) is 0.273. The van der Waals surface area contributed by atoms with E-state index in [-0.39, 0.29) is 23.8 Å². The van der Waals surface area contributed by atoms with E-state index < -0.39 is 5.97 Å². The van der Waals surface area contributed by atoms with Gasteiger partial charge >= 0.3 is 5.97 Å². The van der Waals surface area contributed by atoms with Gasteiger partial charge in [0.15, 0.2) is 0 Å². The van der Waals surface area contributed by atoms with Gasteiger partial charge in [0.25, 0.3) is 0 Å². The van der Waals surface area contributed by atoms with Crippen molar-refractivity contribution in [2.24, 2.45) is 0 Å². The molecule has 0 aliphatic carbocycles. The quantitative estimate of drug-likeness (QED) is 0.679. The summed E-state index contributed by atoms with van der Waals surface area (Å²) >= 11 is 11.2. The molecule has 0 radical (unpaired) electrons. The second-order valence-corrected chi connectivity index (χ2v) is 3.98. The van der Waals surface area contributed by atoms with Crippen LogP contribution >= 0.6 is 23.2 Å². The van der Waals surface area contributed by atoms with Crippen molar-refractivity contribution in [3.8, 4) is 0 Å². The van der Waals surface area contributed by atoms with Crippen LogP contribution in [0.15, 0.2) is 18.2 Å². The first-order valence-electron chi connectivity index (χ1n) is 4.82. The number of carbonyl (C=O) groups is 2. The third kappa shape index (κ3) is 3.91. The number of benzene rings is 1. The molecule has 1 amide bonds. The number of rotatable bonds is 4. The normalized spacial score (nSPS) is 9.82. The lowest BCUT2D eigenvalue weighted by atomic mass is 10.1. The van der Waals surface area contributed by atoms with Gasteiger partial charge < -0.3 is 10.1 Å². The Morgan fingerprint density at radius 3 is 2.71 bits per heavy atom. The zero-order valence-corrected chi connectivity index (χ0v) is 10.6. The van der Waals surface area contributed by atoms with Crippen LogP contribution in [0.25, 0.3) is 0 Å². The molecule has 0 atom stereocenters. The maximum Gasteiger partial charge on any atom is 0.340 e. The number of esters is 1. The molecule has 0 unspecified atom stereocenters. The van der Waals surface area contributed by atoms with Crippen molar-refractivity contribution in [3.63, 3.8) is 0 Å². The summed E-state index contributed by atoms with van der Waals surface area (Å²) in [5, 5.41) is 2.96. The van der Waals surface area contributed by atoms with Crippen LogP contribution in [0.2, 0.25) is 5.02 Å². The Hall–Kier alpha value is -1.26. The number of hydrogen-bond acceptors (Lipinski definition) is 3. The number of alkyl halides is 1. The number of carbonyl (C=O) groups excluding carboxylic acids is 2. The number of methoxy groups -OCH3 is 1. The van der Waals surface area contributed by atoms with Crippen molar-refractivity contribution in [2.75, 3.05) is 18.3 Å². The van der Waals surface area contributed by atoms with E-state index >= 15 is 0 Å². The highest BCUT2D eigenvalue weighted by Crippen LogP contribution is 2.21. The van der Waals surface area contributed by atoms with Gasteiger partial charge in [-0.2, -0.15) is 0 Å². The third-order valence-electron chi connectivity index (χ3n) is 1.98. The summed E-state index contributed by atoms with van der Waals surface area (Å²) in [7, 11) is 1.26. The molecule has 0 heterocycles. The highest BCUT2D eigenvalue weighted by Gasteiger charge is 2.14. The van der Waals surface area contributed by atoms with Gasteiger partial charge in [-0.3, -0.25) is 4.79 Å². The van der Waals surface area contributed by atoms with Crippen molar-refractivity contribution in [1.29, 1.82) is 0 Å². The van der Waals surface area contributed by atoms with Gasteiger partial charge in [-0.15, -0.1) is 11.6 Å². The summed E-state index contributed by atoms with van der Waals surface area (Å²) in [6.07, 6.45) is 0.171. The van der Waals surface area contributed by atoms with Crippen molar-refractivity contribution < 1.29 is 14.3 Å². The number of nitrogens with one attached hydrogen (secondary N) is 1. The monoisotopic (exact) mass is 275 g/mol. The number of halogens is 2. The van der Waals surface area contributed by atoms with Gasteiger partial charge in [-0.1, -0.05) is 11.6 Å². The van der Waals surface area contributed by atoms with Gasteiger partial charge in [0.1, 0.15) is 0 Å². The molecule has 92 valence electrons. The molecule has 1 aromatic rings. The highest BCUT2D eigenvalue weighted by atomic mass is 35.5. The average molecular weight is 276 g/mol. The van der Waals surface area contributed by atoms with E-state index in [0.717, 1.165) is 0 Å². The van der Waals surface area contributed by atoms with E-state index in [1.54, 1.807) is 12.1 Å². The Labute approximate surface area is 109 Å². The standard InChI is InChI=1S/C11H11Cl2NO3/c1-17-11(16)8-6-7(13)2-3-9(8)14-10(15)4-5-12/h2-3,6H,4-5H2,1H3,(H,14,15). The van der Waals surface area contributed by atoms with Crippen LogP contribution in [0.5, 0.6) is 0 Å². The van der Waals surface area contributed by atoms with Crippen LogP contribution in [0.3, 0.4) is 0 Å². The molecule has 0 aromatic heterocycles. The minimum absolute atomic E-state index is 0.171. The van der Waals surface area contributed by atoms with E-state index in [2.05, 4.69) is 10.1 Å². The van der Waals surface area contributed by atoms with E-state index in [1.165, 1.54) is 13.2 Å². The fourth-order valence-corrected chi connectivity index (χ4v) is 1.55. The van der Waals surface area contributed by atoms with Gasteiger partial charge in [-0.05, 0) is 18.2 Å². The second kappa shape index (κ2) is 6.47. The van der Waals surface area contributed by atoms with Crippen LogP contribution < -0.4 is 5.32 Å². The topological polar surface area (TPSA) is 55.4 Å². The minimum atomic E-state index is -0.561. The molecule has 1 aromatic carbocycles. The Kier molecular flexibility index (Phi) is 5.25. The highest BCUT2D eigenvalue weighted by molar-refractivity contribution is 6.31. The van der Waals surface area contributed by atoms with Gasteiger partial charge in [0.05, 0.1) is 18.4 Å². The summed E-state index contributed by atoms with van der Waals surface area (Å²) in [6.45, 7) is 0. The summed E-state index contributed by atoms with van der Waals surface area (Å²) in [4.78, 5) is 22.8. The molecule has 0 saturated heterocycles. The Balaban J connectivity index is 2.98. The van der Waals surface area contributed by atoms with Crippen LogP contribution in [0.4, 0.5) is 5.69 Å². The zero-order valence-electron chi connectivity index (χ0n) is 9.13. The Morgan fingerprint density at radius 2 is 2.12 bits per heavy atom. The van der Waals surface area contributed by atoms with Crippen molar-refractivity contribution in [3.05, 3.63) is 28.8 Å². The lowest BCUT2D eigenvalue weighted by Gasteiger charge is -2.09. The summed E-state index contributed by atoms with van der Waals surface area (Å²) in [6, 6.07) is 4.55. The molecular formula is C11H11Cl2NO3. The molecule has 0 aliphatic heterocycles. The zero-order chi connectivity index (χ0) is 12.8. The molecule has 1 N–H and O–H groups in total. The predicted octanol–water partition coefficient (Wildman–Crippen LogP) is 2.69. The largest absolute Gasteiger partial charge is 0.465 e. The third-order valence-corrected chi connectivity index (χ3v) is 2.41. The molecular weight excluding hydrogens is 265 g/mol. The summed E-state index contributed by atoms with van der Waals surface area (Å²) in [5.74, 6) is -0.617. The summed E-state index contributed by atoms with van der Waals surface area (Å²) in [5.41, 5.74) is 0.569. The first-order chi connectivity index (χ1) is 8.08. The molecule has 0 fully saturated rings. The maximum atomic E-state index is 11.5. The summed E-state index contributed by atoms with van der Waals surface area (Å²) < 4.78 is 4.60. The molecule has 0 saturated carbocycles. The molecule has 1 rings (SSSR count). The van der Waals surface area contributed by atoms with Crippen LogP contribution in [-0.2, 0) is 9.53 Å². The fourth-order valence-electron chi connectivity index (χ4n) is 1.20. The van der Waals surface area contributed by atoms with E-state index in [9.17, 15) is 9.59 Å². The number of ether oxygens (including phenoxy) is 1. The number of hydrogen-bond donors (Lipinski definition) is 1. The van der Waals surface area contributed by atoms with Crippen LogP contribution in [-0.4, -0.2) is 24.9 Å². The van der Waals surface area contributed by atoms with Crippen LogP contribution in [0.1, 0.15) is 16.8 Å². The molecule has 0 spiro atoms. The van der Waals surface area contributed by atoms with E-state index in [0.29, 0.717) is 10.7 Å². The Bertz CT molecular complexity index is 435. The predicted molar refractivity (Wildman–Crippen MR) is 66.8 cm³/mol. The van der Waals surface area contributed by atoms with Crippen molar-refractivity contribution in [1.82, 2.24) is 0 Å². The lowest BCUT2D eigenvalue weighted by Crippen LogP contribution is -2.15. The number of anilines is 1. The Morgan fingerprint density at radius 1 is 1.41 bits per heavy atom. The SMILES string of the molecule is COC(=O)c1cc(Cl)ccc1NC(=O)CCCl. The van der Waals surface area contributed by atoms with E-state index in [1.807, 2.05) is 0 Å². The minimum Gasteiger partial charge on any atom is -0.465 e. The molecule has 0 aliphatic rings. The molecule has 4 nitrogen and oxygen atoms in total. The lowest BCUT2D eigenvalue weighted by molar-refractivity contribution is -0.115. The van der Waals surface area contributed by atoms with Gasteiger partial charge in [0, 0.05) is 17.3 Å². The first-order valence-corrected chi connectivity index (χ1v) is 5.73. The maximum absolute atomic E-state index is 11.5. The van der Waals surface area contributed by atoms with Gasteiger partial charge in [-0.25, -0.2) is 4.79 Å². The number of amides is 1.